The summed E-state index contributed by atoms with van der Waals surface area (Å²) >= 11 is 0. The number of para-hydroxylation sites is 1. The second-order valence-corrected chi connectivity index (χ2v) is 8.74. The zero-order valence-corrected chi connectivity index (χ0v) is 22.4. The average molecular weight is 522 g/mol. The van der Waals surface area contributed by atoms with E-state index in [2.05, 4.69) is 5.32 Å². The largest absolute Gasteiger partial charge is 0.496 e. The predicted molar refractivity (Wildman–Crippen MR) is 149 cm³/mol. The molecule has 0 spiro atoms. The van der Waals surface area contributed by atoms with Gasteiger partial charge in [0.25, 0.3) is 0 Å². The molecule has 1 aliphatic rings. The Morgan fingerprint density at radius 1 is 0.895 bits per heavy atom. The van der Waals surface area contributed by atoms with Gasteiger partial charge in [0.1, 0.15) is 11.5 Å². The highest BCUT2D eigenvalue weighted by Gasteiger charge is 2.18. The van der Waals surface area contributed by atoms with Crippen LogP contribution in [0.4, 0.5) is 5.69 Å². The first kappa shape index (κ1) is 29.1. The van der Waals surface area contributed by atoms with Crippen molar-refractivity contribution in [3.63, 3.8) is 0 Å². The summed E-state index contributed by atoms with van der Waals surface area (Å²) in [5, 5.41) is 3.07. The van der Waals surface area contributed by atoms with Gasteiger partial charge in [0, 0.05) is 44.4 Å². The summed E-state index contributed by atoms with van der Waals surface area (Å²) in [6, 6.07) is 23.6. The number of hydrogen-bond acceptors (Lipinski definition) is 7. The van der Waals surface area contributed by atoms with Gasteiger partial charge in [0.05, 0.1) is 40.1 Å². The molecule has 204 valence electrons. The van der Waals surface area contributed by atoms with Crippen molar-refractivity contribution < 1.29 is 23.7 Å². The maximum Gasteiger partial charge on any atom is 0.240 e. The van der Waals surface area contributed by atoms with Crippen LogP contribution >= 0.6 is 0 Å². The van der Waals surface area contributed by atoms with Crippen molar-refractivity contribution >= 4 is 11.6 Å². The second-order valence-electron chi connectivity index (χ2n) is 8.74. The zero-order valence-electron chi connectivity index (χ0n) is 22.4. The van der Waals surface area contributed by atoms with Gasteiger partial charge in [-0.1, -0.05) is 42.5 Å². The number of methoxy groups -OCH3 is 2. The minimum Gasteiger partial charge on any atom is -0.496 e. The first-order chi connectivity index (χ1) is 18.6. The number of rotatable bonds is 12. The monoisotopic (exact) mass is 521 g/mol. The van der Waals surface area contributed by atoms with Gasteiger partial charge < -0.3 is 34.9 Å². The van der Waals surface area contributed by atoms with E-state index in [0.29, 0.717) is 46.1 Å². The van der Waals surface area contributed by atoms with Crippen LogP contribution in [0.15, 0.2) is 72.8 Å². The number of anilines is 1. The molecule has 0 radical (unpaired) electrons. The molecule has 38 heavy (non-hydrogen) atoms. The number of amides is 1. The van der Waals surface area contributed by atoms with E-state index in [1.54, 1.807) is 19.1 Å². The number of hydrogen-bond donors (Lipinski definition) is 2. The molecular formula is C30H39N3O5. The summed E-state index contributed by atoms with van der Waals surface area (Å²) < 4.78 is 21.7. The van der Waals surface area contributed by atoms with Crippen molar-refractivity contribution in [1.82, 2.24) is 5.32 Å². The van der Waals surface area contributed by atoms with Crippen LogP contribution in [0.1, 0.15) is 23.1 Å². The highest BCUT2D eigenvalue weighted by Crippen LogP contribution is 2.21. The van der Waals surface area contributed by atoms with E-state index in [1.807, 2.05) is 72.8 Å². The van der Waals surface area contributed by atoms with Crippen molar-refractivity contribution in [3.8, 4) is 11.5 Å². The Labute approximate surface area is 225 Å². The third kappa shape index (κ3) is 9.46. The van der Waals surface area contributed by atoms with Gasteiger partial charge in [-0.25, -0.2) is 0 Å². The highest BCUT2D eigenvalue weighted by atomic mass is 16.5. The number of carbonyl (C=O) groups excluding carboxylic acids is 1. The van der Waals surface area contributed by atoms with E-state index in [1.165, 1.54) is 5.56 Å². The van der Waals surface area contributed by atoms with Crippen LogP contribution in [-0.4, -0.2) is 53.0 Å². The molecule has 1 saturated heterocycles. The fourth-order valence-corrected chi connectivity index (χ4v) is 3.90. The Bertz CT molecular complexity index is 1090. The van der Waals surface area contributed by atoms with Gasteiger partial charge in [0.15, 0.2) is 0 Å². The molecule has 0 atom stereocenters. The molecule has 4 rings (SSSR count). The summed E-state index contributed by atoms with van der Waals surface area (Å²) in [5.41, 5.74) is 9.74. The number of nitrogens with one attached hydrogen (secondary N) is 1. The van der Waals surface area contributed by atoms with E-state index in [0.717, 1.165) is 41.3 Å². The number of benzene rings is 3. The standard InChI is InChI=1S/C21H26N2O4.C9H13NO/c1-25-20-6-3-2-5-17(20)16-26-13-4-14-27-19-9-7-18(8-10-19)23-12-11-22-15-21(23)24;1-11-7-9-4-2-8(6-10)3-5-9/h2-3,5-10,22H,4,11-16H2,1H3;2-5H,6-7,10H2,1H3. The molecule has 0 aromatic heterocycles. The first-order valence-electron chi connectivity index (χ1n) is 12.8. The lowest BCUT2D eigenvalue weighted by atomic mass is 10.1. The summed E-state index contributed by atoms with van der Waals surface area (Å²) in [7, 11) is 3.35. The SMILES string of the molecule is COCc1ccc(CN)cc1.COc1ccccc1COCCCOc1ccc(N2CCNCC2=O)cc1. The predicted octanol–water partition coefficient (Wildman–Crippen LogP) is 3.91. The third-order valence-corrected chi connectivity index (χ3v) is 5.96. The van der Waals surface area contributed by atoms with Crippen LogP contribution in [0.25, 0.3) is 0 Å². The Morgan fingerprint density at radius 3 is 2.32 bits per heavy atom. The van der Waals surface area contributed by atoms with Crippen molar-refractivity contribution in [2.24, 2.45) is 5.73 Å². The zero-order chi connectivity index (χ0) is 27.0. The number of piperazine rings is 1. The highest BCUT2D eigenvalue weighted by molar-refractivity contribution is 5.95. The minimum absolute atomic E-state index is 0.0992. The van der Waals surface area contributed by atoms with Gasteiger partial charge in [-0.15, -0.1) is 0 Å². The summed E-state index contributed by atoms with van der Waals surface area (Å²) in [5.74, 6) is 1.74. The van der Waals surface area contributed by atoms with Crippen molar-refractivity contribution in [2.45, 2.75) is 26.2 Å². The first-order valence-corrected chi connectivity index (χ1v) is 12.8. The Balaban J connectivity index is 0.000000304. The van der Waals surface area contributed by atoms with E-state index in [-0.39, 0.29) is 5.91 Å². The van der Waals surface area contributed by atoms with Crippen LogP contribution in [0, 0.1) is 0 Å². The van der Waals surface area contributed by atoms with E-state index in [4.69, 9.17) is 24.7 Å². The Hall–Kier alpha value is -3.43. The number of nitrogens with zero attached hydrogens (tertiary/aromatic N) is 1. The second kappa shape index (κ2) is 16.4. The van der Waals surface area contributed by atoms with Crippen molar-refractivity contribution in [2.75, 3.05) is 52.0 Å². The molecule has 0 unspecified atom stereocenters. The lowest BCUT2D eigenvalue weighted by molar-refractivity contribution is -0.118. The van der Waals surface area contributed by atoms with E-state index in [9.17, 15) is 4.79 Å². The van der Waals surface area contributed by atoms with E-state index >= 15 is 0 Å². The fraction of sp³-hybridized carbons (Fsp3) is 0.367. The minimum atomic E-state index is 0.0992. The van der Waals surface area contributed by atoms with Gasteiger partial charge >= 0.3 is 0 Å². The Kier molecular flexibility index (Phi) is 12.6. The molecule has 3 aromatic rings. The maximum atomic E-state index is 11.9. The number of nitrogens with two attached hydrogens (primary N) is 1. The third-order valence-electron chi connectivity index (χ3n) is 5.96. The van der Waals surface area contributed by atoms with Gasteiger partial charge in [-0.3, -0.25) is 4.79 Å². The van der Waals surface area contributed by atoms with Crippen LogP contribution in [0.3, 0.4) is 0 Å². The Morgan fingerprint density at radius 2 is 1.63 bits per heavy atom. The molecule has 8 heteroatoms. The normalized spacial score (nSPS) is 13.0. The molecule has 3 aromatic carbocycles. The van der Waals surface area contributed by atoms with Crippen molar-refractivity contribution in [1.29, 1.82) is 0 Å². The average Bonchev–Trinajstić information content (AvgIpc) is 2.97. The number of carbonyl (C=O) groups is 1. The lowest BCUT2D eigenvalue weighted by Crippen LogP contribution is -2.48. The number of ether oxygens (including phenoxy) is 4. The maximum absolute atomic E-state index is 11.9. The van der Waals surface area contributed by atoms with Crippen LogP contribution < -0.4 is 25.4 Å². The summed E-state index contributed by atoms with van der Waals surface area (Å²) in [6.07, 6.45) is 0.799. The molecule has 0 aliphatic carbocycles. The summed E-state index contributed by atoms with van der Waals surface area (Å²) in [6.45, 7) is 4.91. The molecule has 0 saturated carbocycles. The van der Waals surface area contributed by atoms with Crippen molar-refractivity contribution in [3.05, 3.63) is 89.5 Å². The molecule has 0 bridgehead atoms. The summed E-state index contributed by atoms with van der Waals surface area (Å²) in [4.78, 5) is 13.7. The molecule has 1 heterocycles. The molecule has 8 nitrogen and oxygen atoms in total. The molecule has 1 aliphatic heterocycles. The topological polar surface area (TPSA) is 95.3 Å². The lowest BCUT2D eigenvalue weighted by Gasteiger charge is -2.27. The van der Waals surface area contributed by atoms with Gasteiger partial charge in [0.2, 0.25) is 5.91 Å². The quantitative estimate of drug-likeness (QED) is 0.349. The molecular weight excluding hydrogens is 482 g/mol. The van der Waals surface area contributed by atoms with Gasteiger partial charge in [-0.05, 0) is 41.5 Å². The van der Waals surface area contributed by atoms with Gasteiger partial charge in [-0.2, -0.15) is 0 Å². The molecule has 3 N–H and O–H groups in total. The molecule has 1 amide bonds. The van der Waals surface area contributed by atoms with Crippen LogP contribution in [-0.2, 0) is 34.0 Å². The van der Waals surface area contributed by atoms with E-state index < -0.39 is 0 Å². The fourth-order valence-electron chi connectivity index (χ4n) is 3.90. The van der Waals surface area contributed by atoms with Crippen LogP contribution in [0.5, 0.6) is 11.5 Å². The molecule has 1 fully saturated rings. The smallest absolute Gasteiger partial charge is 0.240 e. The van der Waals surface area contributed by atoms with Crippen LogP contribution in [0.2, 0.25) is 0 Å².